The van der Waals surface area contributed by atoms with E-state index in [4.69, 9.17) is 23.8 Å². The number of aromatic nitrogens is 3. The molecule has 3 aromatic rings. The molecule has 0 radical (unpaired) electrons. The fourth-order valence-electron chi connectivity index (χ4n) is 2.86. The average molecular weight is 409 g/mol. The summed E-state index contributed by atoms with van der Waals surface area (Å²) < 4.78 is 30.7. The molecule has 1 aromatic heterocycles. The third kappa shape index (κ3) is 4.43. The SMILES string of the molecule is CCn1c(-c2ccc(Cl)cc2)nn(CN(C)Cc2ccc(F)c(F)c2)c1=S. The van der Waals surface area contributed by atoms with E-state index in [2.05, 4.69) is 5.10 Å². The van der Waals surface area contributed by atoms with Crippen LogP contribution in [0.4, 0.5) is 8.78 Å². The molecule has 0 aliphatic carbocycles. The van der Waals surface area contributed by atoms with Crippen LogP contribution in [0.3, 0.4) is 0 Å². The Morgan fingerprint density at radius 3 is 2.44 bits per heavy atom. The summed E-state index contributed by atoms with van der Waals surface area (Å²) in [5.41, 5.74) is 1.60. The highest BCUT2D eigenvalue weighted by Gasteiger charge is 2.13. The molecule has 3 rings (SSSR count). The zero-order chi connectivity index (χ0) is 19.6. The van der Waals surface area contributed by atoms with E-state index in [0.29, 0.717) is 35.1 Å². The molecule has 0 spiro atoms. The van der Waals surface area contributed by atoms with E-state index in [1.807, 2.05) is 47.7 Å². The van der Waals surface area contributed by atoms with Crippen LogP contribution in [0.2, 0.25) is 5.02 Å². The Kier molecular flexibility index (Phi) is 6.04. The number of rotatable bonds is 6. The maximum absolute atomic E-state index is 13.4. The second-order valence-corrected chi connectivity index (χ2v) is 7.06. The van der Waals surface area contributed by atoms with Gasteiger partial charge in [-0.25, -0.2) is 13.5 Å². The van der Waals surface area contributed by atoms with E-state index < -0.39 is 11.6 Å². The van der Waals surface area contributed by atoms with Crippen LogP contribution in [0.15, 0.2) is 42.5 Å². The molecule has 27 heavy (non-hydrogen) atoms. The maximum Gasteiger partial charge on any atom is 0.199 e. The van der Waals surface area contributed by atoms with Crippen molar-refractivity contribution in [2.45, 2.75) is 26.7 Å². The third-order valence-electron chi connectivity index (χ3n) is 4.15. The molecular weight excluding hydrogens is 390 g/mol. The van der Waals surface area contributed by atoms with Crippen molar-refractivity contribution < 1.29 is 8.78 Å². The summed E-state index contributed by atoms with van der Waals surface area (Å²) in [6.45, 7) is 3.55. The summed E-state index contributed by atoms with van der Waals surface area (Å²) in [5.74, 6) is -0.934. The smallest absolute Gasteiger partial charge is 0.199 e. The van der Waals surface area contributed by atoms with Gasteiger partial charge in [-0.3, -0.25) is 4.90 Å². The molecule has 4 nitrogen and oxygen atoms in total. The number of nitrogens with zero attached hydrogens (tertiary/aromatic N) is 4. The molecule has 142 valence electrons. The van der Waals surface area contributed by atoms with E-state index in [1.54, 1.807) is 10.7 Å². The first kappa shape index (κ1) is 19.7. The Hall–Kier alpha value is -2.09. The standard InChI is InChI=1S/C19H19ClF2N4S/c1-3-25-18(14-5-7-15(20)8-6-14)23-26(19(25)27)12-24(2)11-13-4-9-16(21)17(22)10-13/h4-10H,3,11-12H2,1-2H3. The topological polar surface area (TPSA) is 26.0 Å². The number of halogens is 3. The Morgan fingerprint density at radius 1 is 1.11 bits per heavy atom. The fraction of sp³-hybridized carbons (Fsp3) is 0.263. The Bertz CT molecular complexity index is 998. The van der Waals surface area contributed by atoms with E-state index in [1.165, 1.54) is 6.07 Å². The van der Waals surface area contributed by atoms with Crippen LogP contribution in [0.25, 0.3) is 11.4 Å². The first-order valence-electron chi connectivity index (χ1n) is 8.45. The van der Waals surface area contributed by atoms with Gasteiger partial charge in [0.2, 0.25) is 0 Å². The van der Waals surface area contributed by atoms with Crippen molar-refractivity contribution in [2.24, 2.45) is 0 Å². The number of benzene rings is 2. The Morgan fingerprint density at radius 2 is 1.81 bits per heavy atom. The van der Waals surface area contributed by atoms with Crippen molar-refractivity contribution in [1.82, 2.24) is 19.2 Å². The molecule has 0 bridgehead atoms. The summed E-state index contributed by atoms with van der Waals surface area (Å²) in [6.07, 6.45) is 0. The molecule has 8 heteroatoms. The summed E-state index contributed by atoms with van der Waals surface area (Å²) in [6, 6.07) is 11.3. The summed E-state index contributed by atoms with van der Waals surface area (Å²) in [7, 11) is 1.87. The molecule has 1 heterocycles. The summed E-state index contributed by atoms with van der Waals surface area (Å²) in [5, 5.41) is 5.31. The van der Waals surface area contributed by atoms with Gasteiger partial charge in [-0.15, -0.1) is 0 Å². The van der Waals surface area contributed by atoms with Crippen molar-refractivity contribution in [1.29, 1.82) is 0 Å². The molecule has 0 aliphatic heterocycles. The van der Waals surface area contributed by atoms with E-state index in [-0.39, 0.29) is 0 Å². The minimum atomic E-state index is -0.849. The van der Waals surface area contributed by atoms with Gasteiger partial charge in [0.15, 0.2) is 22.2 Å². The molecule has 0 aliphatic rings. The van der Waals surface area contributed by atoms with Gasteiger partial charge in [0, 0.05) is 23.7 Å². The maximum atomic E-state index is 13.4. The molecule has 0 saturated carbocycles. The van der Waals surface area contributed by atoms with E-state index in [9.17, 15) is 8.78 Å². The highest BCUT2D eigenvalue weighted by molar-refractivity contribution is 7.71. The van der Waals surface area contributed by atoms with Crippen LogP contribution < -0.4 is 0 Å². The van der Waals surface area contributed by atoms with Crippen molar-refractivity contribution in [2.75, 3.05) is 7.05 Å². The van der Waals surface area contributed by atoms with Crippen molar-refractivity contribution in [3.8, 4) is 11.4 Å². The molecule has 0 unspecified atom stereocenters. The van der Waals surface area contributed by atoms with Gasteiger partial charge < -0.3 is 4.57 Å². The van der Waals surface area contributed by atoms with Gasteiger partial charge in [0.25, 0.3) is 0 Å². The molecular formula is C19H19ClF2N4S. The lowest BCUT2D eigenvalue weighted by molar-refractivity contribution is 0.243. The van der Waals surface area contributed by atoms with Crippen LogP contribution in [0, 0.1) is 16.4 Å². The summed E-state index contributed by atoms with van der Waals surface area (Å²) >= 11 is 11.5. The first-order valence-corrected chi connectivity index (χ1v) is 9.23. The Labute approximate surface area is 166 Å². The minimum absolute atomic E-state index is 0.422. The molecule has 2 aromatic carbocycles. The van der Waals surface area contributed by atoms with Gasteiger partial charge in [-0.2, -0.15) is 5.10 Å². The molecule has 0 N–H and O–H groups in total. The average Bonchev–Trinajstić information content (AvgIpc) is 2.94. The first-order chi connectivity index (χ1) is 12.9. The van der Waals surface area contributed by atoms with Gasteiger partial charge in [0.05, 0.1) is 6.67 Å². The molecule has 0 fully saturated rings. The second-order valence-electron chi connectivity index (χ2n) is 6.26. The summed E-state index contributed by atoms with van der Waals surface area (Å²) in [4.78, 5) is 1.93. The third-order valence-corrected chi connectivity index (χ3v) is 4.84. The molecule has 0 saturated heterocycles. The molecule has 0 atom stereocenters. The monoisotopic (exact) mass is 408 g/mol. The van der Waals surface area contributed by atoms with Crippen molar-refractivity contribution in [3.05, 3.63) is 69.5 Å². The normalized spacial score (nSPS) is 11.3. The lowest BCUT2D eigenvalue weighted by atomic mass is 10.2. The van der Waals surface area contributed by atoms with Crippen LogP contribution in [0.1, 0.15) is 12.5 Å². The number of hydrogen-bond donors (Lipinski definition) is 0. The molecule has 0 amide bonds. The van der Waals surface area contributed by atoms with Crippen molar-refractivity contribution in [3.63, 3.8) is 0 Å². The van der Waals surface area contributed by atoms with Crippen LogP contribution in [0.5, 0.6) is 0 Å². The van der Waals surface area contributed by atoms with Crippen molar-refractivity contribution >= 4 is 23.8 Å². The Balaban J connectivity index is 1.83. The van der Waals surface area contributed by atoms with Crippen LogP contribution in [-0.2, 0) is 19.8 Å². The van der Waals surface area contributed by atoms with E-state index in [0.717, 1.165) is 17.5 Å². The minimum Gasteiger partial charge on any atom is -0.300 e. The zero-order valence-electron chi connectivity index (χ0n) is 15.0. The lowest BCUT2D eigenvalue weighted by Gasteiger charge is -2.16. The second kappa shape index (κ2) is 8.29. The fourth-order valence-corrected chi connectivity index (χ4v) is 3.30. The van der Waals surface area contributed by atoms with E-state index >= 15 is 0 Å². The van der Waals surface area contributed by atoms with Crippen LogP contribution >= 0.6 is 23.8 Å². The van der Waals surface area contributed by atoms with Gasteiger partial charge in [0.1, 0.15) is 0 Å². The van der Waals surface area contributed by atoms with Crippen LogP contribution in [-0.4, -0.2) is 26.3 Å². The highest BCUT2D eigenvalue weighted by Crippen LogP contribution is 2.21. The lowest BCUT2D eigenvalue weighted by Crippen LogP contribution is -2.22. The van der Waals surface area contributed by atoms with Gasteiger partial charge in [-0.1, -0.05) is 17.7 Å². The largest absolute Gasteiger partial charge is 0.300 e. The van der Waals surface area contributed by atoms with Gasteiger partial charge >= 0.3 is 0 Å². The highest BCUT2D eigenvalue weighted by atomic mass is 35.5. The quantitative estimate of drug-likeness (QED) is 0.529. The predicted molar refractivity (Wildman–Crippen MR) is 105 cm³/mol. The predicted octanol–water partition coefficient (Wildman–Crippen LogP) is 5.12. The van der Waals surface area contributed by atoms with Gasteiger partial charge in [-0.05, 0) is 68.2 Å². The zero-order valence-corrected chi connectivity index (χ0v) is 16.6. The number of hydrogen-bond acceptors (Lipinski definition) is 3.